The number of benzene rings is 2. The summed E-state index contributed by atoms with van der Waals surface area (Å²) >= 11 is 1.67. The van der Waals surface area contributed by atoms with Crippen molar-refractivity contribution in [2.24, 2.45) is 0 Å². The summed E-state index contributed by atoms with van der Waals surface area (Å²) in [5, 5.41) is 5.09. The van der Waals surface area contributed by atoms with Crippen LogP contribution in [-0.4, -0.2) is 4.98 Å². The molecule has 3 heteroatoms. The average Bonchev–Trinajstić information content (AvgIpc) is 3.26. The molecular formula is C19H11NOS. The Balaban J connectivity index is 1.92. The van der Waals surface area contributed by atoms with Crippen LogP contribution in [0.2, 0.25) is 0 Å². The summed E-state index contributed by atoms with van der Waals surface area (Å²) in [6.45, 7) is 0. The Kier molecular flexibility index (Phi) is 1.75. The summed E-state index contributed by atoms with van der Waals surface area (Å²) in [7, 11) is 0. The largest absolute Gasteiger partial charge is 0.455 e. The van der Waals surface area contributed by atoms with Gasteiger partial charge in [0.1, 0.15) is 11.2 Å². The van der Waals surface area contributed by atoms with E-state index in [1.54, 1.807) is 17.4 Å². The van der Waals surface area contributed by atoms with Crippen molar-refractivity contribution in [1.29, 1.82) is 0 Å². The van der Waals surface area contributed by atoms with Gasteiger partial charge in [-0.1, -0.05) is 18.2 Å². The molecule has 0 amide bonds. The lowest BCUT2D eigenvalue weighted by atomic mass is 10.0. The van der Waals surface area contributed by atoms with Gasteiger partial charge in [0.05, 0.1) is 11.2 Å². The minimum absolute atomic E-state index is 0.167. The number of fused-ring (bicyclic) bond motifs is 5. The molecule has 5 rings (SSSR count). The van der Waals surface area contributed by atoms with Gasteiger partial charge in [-0.25, -0.2) is 0 Å². The topological polar surface area (TPSA) is 26.0 Å². The molecule has 0 spiro atoms. The molecule has 5 aromatic rings. The lowest BCUT2D eigenvalue weighted by Crippen LogP contribution is -1.82. The highest BCUT2D eigenvalue weighted by Gasteiger charge is 2.14. The zero-order valence-corrected chi connectivity index (χ0v) is 12.1. The quantitative estimate of drug-likeness (QED) is 0.387. The number of para-hydroxylation sites is 1. The van der Waals surface area contributed by atoms with Crippen molar-refractivity contribution in [2.45, 2.75) is 0 Å². The fraction of sp³-hybridized carbons (Fsp3) is 0. The van der Waals surface area contributed by atoms with Crippen molar-refractivity contribution in [3.05, 3.63) is 66.1 Å². The van der Waals surface area contributed by atoms with Crippen LogP contribution in [0.1, 0.15) is 5.48 Å². The number of aromatic nitrogens is 1. The van der Waals surface area contributed by atoms with E-state index in [2.05, 4.69) is 11.1 Å². The van der Waals surface area contributed by atoms with Crippen LogP contribution in [0.3, 0.4) is 0 Å². The first kappa shape index (κ1) is 8.71. The summed E-state index contributed by atoms with van der Waals surface area (Å²) in [4.78, 5) is 4.09. The molecule has 0 bridgehead atoms. The van der Waals surface area contributed by atoms with Crippen LogP contribution >= 0.6 is 11.3 Å². The Bertz CT molecular complexity index is 1340. The summed E-state index contributed by atoms with van der Waals surface area (Å²) in [6, 6.07) is 10.8. The summed E-state index contributed by atoms with van der Waals surface area (Å²) in [6.07, 6.45) is -0.311. The number of rotatable bonds is 1. The smallest absolute Gasteiger partial charge is 0.144 e. The predicted molar refractivity (Wildman–Crippen MR) is 92.3 cm³/mol. The molecular weight excluding hydrogens is 290 g/mol. The maximum atomic E-state index is 8.19. The predicted octanol–water partition coefficient (Wildman–Crippen LogP) is 5.86. The number of thiophene rings is 1. The van der Waals surface area contributed by atoms with E-state index in [1.807, 2.05) is 29.6 Å². The lowest BCUT2D eigenvalue weighted by Gasteiger charge is -2.00. The first-order chi connectivity index (χ1) is 12.6. The van der Waals surface area contributed by atoms with Gasteiger partial charge in [-0.05, 0) is 41.7 Å². The van der Waals surface area contributed by atoms with Gasteiger partial charge in [0.25, 0.3) is 0 Å². The Hall–Kier alpha value is -2.65. The van der Waals surface area contributed by atoms with Gasteiger partial charge in [0, 0.05) is 32.6 Å². The van der Waals surface area contributed by atoms with Crippen molar-refractivity contribution in [3.8, 4) is 11.3 Å². The molecule has 0 saturated carbocycles. The van der Waals surface area contributed by atoms with Crippen LogP contribution in [0, 0.1) is 0 Å². The first-order valence-electron chi connectivity index (χ1n) is 8.82. The highest BCUT2D eigenvalue weighted by molar-refractivity contribution is 7.17. The molecule has 0 atom stereocenters. The fourth-order valence-electron chi connectivity index (χ4n) is 2.88. The monoisotopic (exact) mass is 305 g/mol. The molecule has 0 aliphatic carbocycles. The average molecular weight is 305 g/mol. The second kappa shape index (κ2) is 4.42. The summed E-state index contributed by atoms with van der Waals surface area (Å²) in [5.74, 6) is 0. The Morgan fingerprint density at radius 2 is 2.05 bits per heavy atom. The van der Waals surface area contributed by atoms with Gasteiger partial charge in [-0.3, -0.25) is 4.98 Å². The standard InChI is InChI=1S/C19H11NOS/c1-2-10-20-15(6-1)12-4-3-5-14-18-13-9-11-22-17(13)8-7-16(18)21-19(12)14/h1-11H/i1D,2D,6D,10D. The number of hydrogen-bond acceptors (Lipinski definition) is 3. The van der Waals surface area contributed by atoms with E-state index < -0.39 is 0 Å². The first-order valence-corrected chi connectivity index (χ1v) is 7.70. The van der Waals surface area contributed by atoms with Crippen molar-refractivity contribution in [1.82, 2.24) is 4.98 Å². The molecule has 2 nitrogen and oxygen atoms in total. The third-order valence-electron chi connectivity index (χ3n) is 3.82. The van der Waals surface area contributed by atoms with E-state index in [-0.39, 0.29) is 30.0 Å². The molecule has 104 valence electrons. The molecule has 22 heavy (non-hydrogen) atoms. The number of nitrogens with zero attached hydrogens (tertiary/aromatic N) is 1. The zero-order chi connectivity index (χ0) is 18.0. The molecule has 0 radical (unpaired) electrons. The summed E-state index contributed by atoms with van der Waals surface area (Å²) < 4.78 is 38.9. The second-order valence-corrected chi connectivity index (χ2v) is 5.95. The van der Waals surface area contributed by atoms with Crippen LogP contribution in [0.4, 0.5) is 0 Å². The zero-order valence-electron chi connectivity index (χ0n) is 15.3. The molecule has 3 aromatic heterocycles. The van der Waals surface area contributed by atoms with E-state index in [1.165, 1.54) is 4.70 Å². The van der Waals surface area contributed by atoms with Gasteiger partial charge in [0.15, 0.2) is 0 Å². The molecule has 0 aliphatic heterocycles. The van der Waals surface area contributed by atoms with E-state index >= 15 is 0 Å². The van der Waals surface area contributed by atoms with Gasteiger partial charge >= 0.3 is 0 Å². The van der Waals surface area contributed by atoms with E-state index in [4.69, 9.17) is 9.90 Å². The number of furan rings is 1. The molecule has 0 N–H and O–H groups in total. The fourth-order valence-corrected chi connectivity index (χ4v) is 3.68. The van der Waals surface area contributed by atoms with Gasteiger partial charge < -0.3 is 4.42 Å². The molecule has 0 aliphatic rings. The maximum absolute atomic E-state index is 8.19. The summed E-state index contributed by atoms with van der Waals surface area (Å²) in [5.41, 5.74) is 2.09. The van der Waals surface area contributed by atoms with Crippen molar-refractivity contribution < 1.29 is 9.90 Å². The molecule has 3 heterocycles. The third kappa shape index (κ3) is 1.57. The molecule has 0 saturated heterocycles. The highest BCUT2D eigenvalue weighted by Crippen LogP contribution is 2.39. The van der Waals surface area contributed by atoms with Gasteiger partial charge in [0.2, 0.25) is 0 Å². The number of hydrogen-bond donors (Lipinski definition) is 0. The minimum atomic E-state index is -0.337. The Morgan fingerprint density at radius 1 is 1.05 bits per heavy atom. The minimum Gasteiger partial charge on any atom is -0.455 e. The van der Waals surface area contributed by atoms with Crippen molar-refractivity contribution in [3.63, 3.8) is 0 Å². The van der Waals surface area contributed by atoms with Crippen LogP contribution in [0.5, 0.6) is 0 Å². The van der Waals surface area contributed by atoms with Crippen molar-refractivity contribution in [2.75, 3.05) is 0 Å². The SMILES string of the molecule is [2H]c1nc(-c2cccc3c2oc2ccc4sccc4c23)c([2H])c([2H])c1[2H]. The Morgan fingerprint density at radius 3 is 3.05 bits per heavy atom. The Labute approximate surface area is 136 Å². The maximum Gasteiger partial charge on any atom is 0.144 e. The molecule has 2 aromatic carbocycles. The second-order valence-electron chi connectivity index (χ2n) is 5.00. The van der Waals surface area contributed by atoms with E-state index in [9.17, 15) is 0 Å². The van der Waals surface area contributed by atoms with E-state index in [0.717, 1.165) is 21.7 Å². The number of pyridine rings is 1. The van der Waals surface area contributed by atoms with Gasteiger partial charge in [-0.15, -0.1) is 11.3 Å². The molecule has 0 fully saturated rings. The van der Waals surface area contributed by atoms with Crippen molar-refractivity contribution >= 4 is 43.4 Å². The highest BCUT2D eigenvalue weighted by atomic mass is 32.1. The van der Waals surface area contributed by atoms with Crippen LogP contribution in [0.25, 0.3) is 43.3 Å². The van der Waals surface area contributed by atoms with Gasteiger partial charge in [-0.2, -0.15) is 0 Å². The van der Waals surface area contributed by atoms with E-state index in [0.29, 0.717) is 11.1 Å². The van der Waals surface area contributed by atoms with Crippen LogP contribution < -0.4 is 0 Å². The van der Waals surface area contributed by atoms with Crippen LogP contribution in [-0.2, 0) is 0 Å². The molecule has 0 unspecified atom stereocenters. The lowest BCUT2D eigenvalue weighted by molar-refractivity contribution is 0.670. The van der Waals surface area contributed by atoms with Crippen LogP contribution in [0.15, 0.2) is 70.5 Å². The third-order valence-corrected chi connectivity index (χ3v) is 4.70. The normalized spacial score (nSPS) is 14.2.